The molecule has 0 saturated carbocycles. The summed E-state index contributed by atoms with van der Waals surface area (Å²) in [6, 6.07) is 12.2. The van der Waals surface area contributed by atoms with Gasteiger partial charge in [-0.25, -0.2) is 4.39 Å². The maximum absolute atomic E-state index is 12.9. The van der Waals surface area contributed by atoms with Crippen molar-refractivity contribution in [1.29, 1.82) is 0 Å². The van der Waals surface area contributed by atoms with Crippen molar-refractivity contribution < 1.29 is 23.5 Å². The number of hydrogen-bond acceptors (Lipinski definition) is 4. The molecule has 1 fully saturated rings. The minimum absolute atomic E-state index is 0.1000. The van der Waals surface area contributed by atoms with Crippen molar-refractivity contribution in [3.8, 4) is 5.75 Å². The summed E-state index contributed by atoms with van der Waals surface area (Å²) in [5, 5.41) is 5.49. The lowest BCUT2D eigenvalue weighted by atomic mass is 10.1. The van der Waals surface area contributed by atoms with E-state index in [9.17, 15) is 18.8 Å². The van der Waals surface area contributed by atoms with Gasteiger partial charge in [-0.05, 0) is 54.4 Å². The van der Waals surface area contributed by atoms with Crippen LogP contribution in [0.2, 0.25) is 0 Å². The molecule has 1 atom stereocenters. The van der Waals surface area contributed by atoms with Gasteiger partial charge in [-0.1, -0.05) is 13.8 Å². The second-order valence-corrected chi connectivity index (χ2v) is 7.88. The summed E-state index contributed by atoms with van der Waals surface area (Å²) in [6.07, 6.45) is 0.186. The quantitative estimate of drug-likeness (QED) is 0.678. The number of amides is 3. The number of carbonyl (C=O) groups is 3. The lowest BCUT2D eigenvalue weighted by molar-refractivity contribution is -0.126. The third kappa shape index (κ3) is 6.28. The van der Waals surface area contributed by atoms with E-state index in [2.05, 4.69) is 10.6 Å². The monoisotopic (exact) mass is 427 g/mol. The lowest BCUT2D eigenvalue weighted by Crippen LogP contribution is -2.35. The third-order valence-corrected chi connectivity index (χ3v) is 4.83. The Hall–Kier alpha value is -3.42. The van der Waals surface area contributed by atoms with Gasteiger partial charge in [-0.2, -0.15) is 0 Å². The summed E-state index contributed by atoms with van der Waals surface area (Å²) in [5.74, 6) is -0.501. The van der Waals surface area contributed by atoms with Crippen molar-refractivity contribution in [2.45, 2.75) is 20.3 Å². The van der Waals surface area contributed by atoms with Crippen LogP contribution >= 0.6 is 0 Å². The van der Waals surface area contributed by atoms with Crippen LogP contribution in [0.3, 0.4) is 0 Å². The first kappa shape index (κ1) is 22.3. The molecule has 2 N–H and O–H groups in total. The second kappa shape index (κ2) is 10.1. The predicted molar refractivity (Wildman–Crippen MR) is 115 cm³/mol. The molecule has 1 unspecified atom stereocenters. The van der Waals surface area contributed by atoms with Gasteiger partial charge in [0.25, 0.3) is 5.91 Å². The highest BCUT2D eigenvalue weighted by Crippen LogP contribution is 2.27. The molecule has 7 nitrogen and oxygen atoms in total. The summed E-state index contributed by atoms with van der Waals surface area (Å²) < 4.78 is 18.4. The summed E-state index contributed by atoms with van der Waals surface area (Å²) >= 11 is 0. The standard InChI is InChI=1S/C23H26FN3O4/c1-15(2)12-25-23(30)16-11-22(29)27(13-16)19-7-9-20(10-8-19)31-14-21(28)26-18-5-3-17(24)4-6-18/h3-10,15-16H,11-14H2,1-2H3,(H,25,30)(H,26,28). The van der Waals surface area contributed by atoms with Gasteiger partial charge in [0, 0.05) is 30.9 Å². The van der Waals surface area contributed by atoms with E-state index >= 15 is 0 Å². The van der Waals surface area contributed by atoms with Crippen molar-refractivity contribution in [2.24, 2.45) is 11.8 Å². The highest BCUT2D eigenvalue weighted by molar-refractivity contribution is 6.00. The molecule has 8 heteroatoms. The highest BCUT2D eigenvalue weighted by atomic mass is 19.1. The molecule has 1 aliphatic rings. The van der Waals surface area contributed by atoms with Crippen LogP contribution in [0.15, 0.2) is 48.5 Å². The number of rotatable bonds is 8. The normalized spacial score (nSPS) is 15.8. The van der Waals surface area contributed by atoms with Crippen LogP contribution in [-0.2, 0) is 14.4 Å². The smallest absolute Gasteiger partial charge is 0.262 e. The minimum atomic E-state index is -0.381. The molecule has 2 aromatic rings. The zero-order valence-corrected chi connectivity index (χ0v) is 17.6. The fourth-order valence-electron chi connectivity index (χ4n) is 3.18. The molecule has 3 rings (SSSR count). The van der Waals surface area contributed by atoms with E-state index in [-0.39, 0.29) is 42.5 Å². The lowest BCUT2D eigenvalue weighted by Gasteiger charge is -2.17. The SMILES string of the molecule is CC(C)CNC(=O)C1CC(=O)N(c2ccc(OCC(=O)Nc3ccc(F)cc3)cc2)C1. The van der Waals surface area contributed by atoms with E-state index in [0.29, 0.717) is 36.1 Å². The Labute approximate surface area is 180 Å². The number of nitrogens with one attached hydrogen (secondary N) is 2. The summed E-state index contributed by atoms with van der Waals surface area (Å²) in [5.41, 5.74) is 1.15. The Morgan fingerprint density at radius 1 is 1.13 bits per heavy atom. The van der Waals surface area contributed by atoms with E-state index in [1.807, 2.05) is 13.8 Å². The molecule has 1 saturated heterocycles. The molecule has 0 radical (unpaired) electrons. The van der Waals surface area contributed by atoms with Crippen LogP contribution in [0.1, 0.15) is 20.3 Å². The van der Waals surface area contributed by atoms with Crippen molar-refractivity contribution in [3.63, 3.8) is 0 Å². The Morgan fingerprint density at radius 2 is 1.81 bits per heavy atom. The molecule has 2 aromatic carbocycles. The maximum atomic E-state index is 12.9. The van der Waals surface area contributed by atoms with Crippen LogP contribution in [-0.4, -0.2) is 37.4 Å². The molecule has 164 valence electrons. The van der Waals surface area contributed by atoms with Gasteiger partial charge in [0.05, 0.1) is 5.92 Å². The number of anilines is 2. The van der Waals surface area contributed by atoms with E-state index in [1.165, 1.54) is 24.3 Å². The Bertz CT molecular complexity index is 929. The second-order valence-electron chi connectivity index (χ2n) is 7.88. The third-order valence-electron chi connectivity index (χ3n) is 4.83. The first-order valence-corrected chi connectivity index (χ1v) is 10.2. The van der Waals surface area contributed by atoms with Gasteiger partial charge in [0.1, 0.15) is 11.6 Å². The van der Waals surface area contributed by atoms with Gasteiger partial charge < -0.3 is 20.3 Å². The Morgan fingerprint density at radius 3 is 2.45 bits per heavy atom. The number of carbonyl (C=O) groups excluding carboxylic acids is 3. The zero-order chi connectivity index (χ0) is 22.4. The Balaban J connectivity index is 1.50. The first-order valence-electron chi connectivity index (χ1n) is 10.2. The predicted octanol–water partition coefficient (Wildman–Crippen LogP) is 2.97. The number of nitrogens with zero attached hydrogens (tertiary/aromatic N) is 1. The maximum Gasteiger partial charge on any atom is 0.262 e. The van der Waals surface area contributed by atoms with E-state index in [1.54, 1.807) is 29.2 Å². The van der Waals surface area contributed by atoms with Crippen LogP contribution in [0.4, 0.5) is 15.8 Å². The molecule has 0 bridgehead atoms. The molecule has 0 aromatic heterocycles. The molecular formula is C23H26FN3O4. The number of ether oxygens (including phenoxy) is 1. The highest BCUT2D eigenvalue weighted by Gasteiger charge is 2.35. The van der Waals surface area contributed by atoms with E-state index in [0.717, 1.165) is 0 Å². The van der Waals surface area contributed by atoms with Gasteiger partial charge >= 0.3 is 0 Å². The van der Waals surface area contributed by atoms with Crippen LogP contribution in [0, 0.1) is 17.7 Å². The minimum Gasteiger partial charge on any atom is -0.484 e. The summed E-state index contributed by atoms with van der Waals surface area (Å²) in [6.45, 7) is 4.75. The number of benzene rings is 2. The molecule has 0 spiro atoms. The molecule has 1 aliphatic heterocycles. The van der Waals surface area contributed by atoms with Gasteiger partial charge in [-0.15, -0.1) is 0 Å². The fraction of sp³-hybridized carbons (Fsp3) is 0.348. The molecule has 3 amide bonds. The van der Waals surface area contributed by atoms with Crippen LogP contribution in [0.5, 0.6) is 5.75 Å². The topological polar surface area (TPSA) is 87.7 Å². The average Bonchev–Trinajstić information content (AvgIpc) is 3.14. The number of hydrogen-bond donors (Lipinski definition) is 2. The largest absolute Gasteiger partial charge is 0.484 e. The van der Waals surface area contributed by atoms with Gasteiger partial charge in [-0.3, -0.25) is 14.4 Å². The van der Waals surface area contributed by atoms with Crippen molar-refractivity contribution in [2.75, 3.05) is 29.9 Å². The molecule has 0 aliphatic carbocycles. The van der Waals surface area contributed by atoms with Gasteiger partial charge in [0.2, 0.25) is 11.8 Å². The van der Waals surface area contributed by atoms with Gasteiger partial charge in [0.15, 0.2) is 6.61 Å². The summed E-state index contributed by atoms with van der Waals surface area (Å²) in [7, 11) is 0. The fourth-order valence-corrected chi connectivity index (χ4v) is 3.18. The molecule has 1 heterocycles. The molecule has 31 heavy (non-hydrogen) atoms. The van der Waals surface area contributed by atoms with E-state index < -0.39 is 0 Å². The Kier molecular flexibility index (Phi) is 7.23. The summed E-state index contributed by atoms with van der Waals surface area (Å²) in [4.78, 5) is 38.2. The molecular weight excluding hydrogens is 401 g/mol. The van der Waals surface area contributed by atoms with Crippen molar-refractivity contribution in [3.05, 3.63) is 54.3 Å². The van der Waals surface area contributed by atoms with Crippen LogP contribution in [0.25, 0.3) is 0 Å². The average molecular weight is 427 g/mol. The number of halogens is 1. The van der Waals surface area contributed by atoms with Crippen molar-refractivity contribution >= 4 is 29.1 Å². The van der Waals surface area contributed by atoms with E-state index in [4.69, 9.17) is 4.74 Å². The zero-order valence-electron chi connectivity index (χ0n) is 17.6. The van der Waals surface area contributed by atoms with Crippen LogP contribution < -0.4 is 20.3 Å². The van der Waals surface area contributed by atoms with Crippen molar-refractivity contribution in [1.82, 2.24) is 5.32 Å². The first-order chi connectivity index (χ1) is 14.8.